The van der Waals surface area contributed by atoms with Gasteiger partial charge in [-0.05, 0) is 18.2 Å². The SMILES string of the molecule is O=[N+]([O-])c1ccc(Oc2ccc(Cl)c(F)c2)c(CBr)c1. The van der Waals surface area contributed by atoms with E-state index in [2.05, 4.69) is 15.9 Å². The number of nitro benzene ring substituents is 1. The predicted molar refractivity (Wildman–Crippen MR) is 77.2 cm³/mol. The number of nitro groups is 1. The van der Waals surface area contributed by atoms with Gasteiger partial charge in [0, 0.05) is 29.1 Å². The fourth-order valence-corrected chi connectivity index (χ4v) is 2.11. The fourth-order valence-electron chi connectivity index (χ4n) is 1.55. The summed E-state index contributed by atoms with van der Waals surface area (Å²) in [5.41, 5.74) is 0.559. The summed E-state index contributed by atoms with van der Waals surface area (Å²) in [6.07, 6.45) is 0. The smallest absolute Gasteiger partial charge is 0.270 e. The van der Waals surface area contributed by atoms with Gasteiger partial charge in [0.15, 0.2) is 0 Å². The zero-order valence-corrected chi connectivity index (χ0v) is 12.3. The van der Waals surface area contributed by atoms with E-state index in [4.69, 9.17) is 16.3 Å². The minimum atomic E-state index is -0.591. The van der Waals surface area contributed by atoms with Crippen molar-refractivity contribution in [2.75, 3.05) is 0 Å². The number of hydrogen-bond donors (Lipinski definition) is 0. The van der Waals surface area contributed by atoms with Crippen LogP contribution in [0.5, 0.6) is 11.5 Å². The number of alkyl halides is 1. The molecule has 0 N–H and O–H groups in total. The van der Waals surface area contributed by atoms with Crippen LogP contribution in [-0.2, 0) is 5.33 Å². The number of benzene rings is 2. The van der Waals surface area contributed by atoms with Gasteiger partial charge in [-0.3, -0.25) is 10.1 Å². The van der Waals surface area contributed by atoms with Crippen LogP contribution in [0, 0.1) is 15.9 Å². The van der Waals surface area contributed by atoms with E-state index in [-0.39, 0.29) is 16.5 Å². The van der Waals surface area contributed by atoms with Crippen molar-refractivity contribution >= 4 is 33.2 Å². The van der Waals surface area contributed by atoms with Crippen molar-refractivity contribution in [1.82, 2.24) is 0 Å². The van der Waals surface area contributed by atoms with E-state index in [1.54, 1.807) is 0 Å². The molecule has 7 heteroatoms. The molecule has 2 aromatic carbocycles. The van der Waals surface area contributed by atoms with E-state index in [1.807, 2.05) is 0 Å². The lowest BCUT2D eigenvalue weighted by atomic mass is 10.2. The Kier molecular flexibility index (Phi) is 4.57. The van der Waals surface area contributed by atoms with E-state index < -0.39 is 10.7 Å². The summed E-state index contributed by atoms with van der Waals surface area (Å²) < 4.78 is 18.8. The van der Waals surface area contributed by atoms with E-state index in [9.17, 15) is 14.5 Å². The average Bonchev–Trinajstić information content (AvgIpc) is 2.43. The molecule has 0 aliphatic carbocycles. The number of halogens is 3. The largest absolute Gasteiger partial charge is 0.457 e. The highest BCUT2D eigenvalue weighted by molar-refractivity contribution is 9.08. The van der Waals surface area contributed by atoms with Crippen LogP contribution in [0.4, 0.5) is 10.1 Å². The van der Waals surface area contributed by atoms with Gasteiger partial charge < -0.3 is 4.74 Å². The van der Waals surface area contributed by atoms with Gasteiger partial charge in [-0.15, -0.1) is 0 Å². The lowest BCUT2D eigenvalue weighted by Gasteiger charge is -2.10. The van der Waals surface area contributed by atoms with Gasteiger partial charge in [-0.1, -0.05) is 27.5 Å². The van der Waals surface area contributed by atoms with Crippen LogP contribution in [0.15, 0.2) is 36.4 Å². The van der Waals surface area contributed by atoms with Crippen molar-refractivity contribution in [3.63, 3.8) is 0 Å². The van der Waals surface area contributed by atoms with Crippen LogP contribution in [0.3, 0.4) is 0 Å². The molecule has 0 aliphatic heterocycles. The van der Waals surface area contributed by atoms with E-state index in [0.717, 1.165) is 6.07 Å². The second kappa shape index (κ2) is 6.19. The fraction of sp³-hybridized carbons (Fsp3) is 0.0769. The number of non-ortho nitro benzene ring substituents is 1. The van der Waals surface area contributed by atoms with Gasteiger partial charge in [0.1, 0.15) is 17.3 Å². The highest BCUT2D eigenvalue weighted by atomic mass is 79.9. The molecule has 0 unspecified atom stereocenters. The van der Waals surface area contributed by atoms with Crippen molar-refractivity contribution in [1.29, 1.82) is 0 Å². The van der Waals surface area contributed by atoms with E-state index in [1.165, 1.54) is 30.3 Å². The van der Waals surface area contributed by atoms with Gasteiger partial charge in [0.2, 0.25) is 0 Å². The van der Waals surface area contributed by atoms with E-state index >= 15 is 0 Å². The molecule has 0 fully saturated rings. The summed E-state index contributed by atoms with van der Waals surface area (Å²) in [6.45, 7) is 0. The number of hydrogen-bond acceptors (Lipinski definition) is 3. The summed E-state index contributed by atoms with van der Waals surface area (Å²) in [4.78, 5) is 10.2. The average molecular weight is 361 g/mol. The first-order chi connectivity index (χ1) is 9.51. The highest BCUT2D eigenvalue weighted by Gasteiger charge is 2.12. The van der Waals surface area contributed by atoms with Crippen molar-refractivity contribution in [3.05, 3.63) is 62.9 Å². The zero-order valence-electron chi connectivity index (χ0n) is 9.98. The lowest BCUT2D eigenvalue weighted by molar-refractivity contribution is -0.384. The summed E-state index contributed by atoms with van der Waals surface area (Å²) in [5, 5.41) is 11.1. The molecule has 4 nitrogen and oxygen atoms in total. The number of rotatable bonds is 4. The molecule has 0 aliphatic rings. The Labute approximate surface area is 127 Å². The Balaban J connectivity index is 2.32. The Morgan fingerprint density at radius 3 is 2.65 bits per heavy atom. The quantitative estimate of drug-likeness (QED) is 0.434. The van der Waals surface area contributed by atoms with Gasteiger partial charge in [0.05, 0.1) is 9.95 Å². The minimum absolute atomic E-state index is 0.00163. The van der Waals surface area contributed by atoms with Gasteiger partial charge in [-0.2, -0.15) is 0 Å². The number of ether oxygens (including phenoxy) is 1. The molecule has 0 radical (unpaired) electrons. The lowest BCUT2D eigenvalue weighted by Crippen LogP contribution is -1.94. The van der Waals surface area contributed by atoms with Crippen molar-refractivity contribution in [2.24, 2.45) is 0 Å². The Hall–Kier alpha value is -1.66. The molecule has 0 heterocycles. The molecule has 0 aromatic heterocycles. The molecule has 104 valence electrons. The first-order valence-electron chi connectivity index (χ1n) is 5.47. The first kappa shape index (κ1) is 14.7. The standard InChI is InChI=1S/C13H8BrClFNO3/c14-7-8-5-9(17(18)19)1-4-13(8)20-10-2-3-11(15)12(16)6-10/h1-6H,7H2. The third-order valence-electron chi connectivity index (χ3n) is 2.52. The van der Waals surface area contributed by atoms with Crippen LogP contribution in [-0.4, -0.2) is 4.92 Å². The molecule has 0 atom stereocenters. The molecule has 0 amide bonds. The Morgan fingerprint density at radius 2 is 2.05 bits per heavy atom. The Morgan fingerprint density at radius 1 is 1.30 bits per heavy atom. The molecule has 20 heavy (non-hydrogen) atoms. The first-order valence-corrected chi connectivity index (χ1v) is 6.97. The van der Waals surface area contributed by atoms with Gasteiger partial charge in [-0.25, -0.2) is 4.39 Å². The maximum absolute atomic E-state index is 13.3. The summed E-state index contributed by atoms with van der Waals surface area (Å²) in [7, 11) is 0. The molecule has 0 spiro atoms. The maximum Gasteiger partial charge on any atom is 0.270 e. The summed E-state index contributed by atoms with van der Waals surface area (Å²) in [5.74, 6) is 0.0867. The number of nitrogens with zero attached hydrogens (tertiary/aromatic N) is 1. The molecule has 0 saturated carbocycles. The summed E-state index contributed by atoms with van der Waals surface area (Å²) in [6, 6.07) is 8.25. The zero-order chi connectivity index (χ0) is 14.7. The van der Waals surface area contributed by atoms with Crippen LogP contribution >= 0.6 is 27.5 Å². The summed E-state index contributed by atoms with van der Waals surface area (Å²) >= 11 is 8.82. The second-order valence-corrected chi connectivity index (χ2v) is 4.83. The predicted octanol–water partition coefficient (Wildman–Crippen LogP) is 5.07. The van der Waals surface area contributed by atoms with Crippen molar-refractivity contribution in [2.45, 2.75) is 5.33 Å². The van der Waals surface area contributed by atoms with Crippen LogP contribution < -0.4 is 4.74 Å². The van der Waals surface area contributed by atoms with Crippen LogP contribution in [0.25, 0.3) is 0 Å². The maximum atomic E-state index is 13.3. The Bertz CT molecular complexity index is 666. The molecular formula is C13H8BrClFNO3. The third kappa shape index (κ3) is 3.26. The molecule has 2 aromatic rings. The monoisotopic (exact) mass is 359 g/mol. The van der Waals surface area contributed by atoms with E-state index in [0.29, 0.717) is 16.6 Å². The minimum Gasteiger partial charge on any atom is -0.457 e. The molecule has 2 rings (SSSR count). The topological polar surface area (TPSA) is 52.4 Å². The molecular weight excluding hydrogens is 353 g/mol. The highest BCUT2D eigenvalue weighted by Crippen LogP contribution is 2.31. The van der Waals surface area contributed by atoms with Crippen LogP contribution in [0.1, 0.15) is 5.56 Å². The normalized spacial score (nSPS) is 10.3. The molecule has 0 bridgehead atoms. The molecule has 0 saturated heterocycles. The van der Waals surface area contributed by atoms with Gasteiger partial charge >= 0.3 is 0 Å². The second-order valence-electron chi connectivity index (χ2n) is 3.86. The van der Waals surface area contributed by atoms with Crippen molar-refractivity contribution < 1.29 is 14.1 Å². The van der Waals surface area contributed by atoms with Gasteiger partial charge in [0.25, 0.3) is 5.69 Å². The van der Waals surface area contributed by atoms with Crippen LogP contribution in [0.2, 0.25) is 5.02 Å². The third-order valence-corrected chi connectivity index (χ3v) is 3.43. The van der Waals surface area contributed by atoms with Crippen molar-refractivity contribution in [3.8, 4) is 11.5 Å².